The zero-order valence-corrected chi connectivity index (χ0v) is 12.1. The number of benzene rings is 2. The second-order valence-electron chi connectivity index (χ2n) is 4.45. The lowest BCUT2D eigenvalue weighted by molar-refractivity contribution is 0.112. The third-order valence-electron chi connectivity index (χ3n) is 3.02. The summed E-state index contributed by atoms with van der Waals surface area (Å²) >= 11 is 1.46. The molecule has 0 fully saturated rings. The number of carbonyl (C=O) groups excluding carboxylic acids is 1. The van der Waals surface area contributed by atoms with E-state index in [1.807, 2.05) is 49.4 Å². The van der Waals surface area contributed by atoms with Gasteiger partial charge in [0, 0.05) is 10.5 Å². The van der Waals surface area contributed by atoms with Gasteiger partial charge in [0.05, 0.1) is 5.69 Å². The molecule has 0 spiro atoms. The predicted molar refractivity (Wildman–Crippen MR) is 79.8 cm³/mol. The molecule has 0 radical (unpaired) electrons. The predicted octanol–water partition coefficient (Wildman–Crippen LogP) is 2.93. The number of carbonyl (C=O) groups is 1. The molecule has 0 aliphatic heterocycles. The standard InChI is InChI=1S/C15H12N4OS/c1-11-9-14(8-7-12(11)10-20)21-15-16-17-18-19(15)13-5-3-2-4-6-13/h2-10H,1H3. The Morgan fingerprint density at radius 3 is 2.67 bits per heavy atom. The van der Waals surface area contributed by atoms with Gasteiger partial charge >= 0.3 is 0 Å². The minimum Gasteiger partial charge on any atom is -0.298 e. The van der Waals surface area contributed by atoms with Gasteiger partial charge in [0.2, 0.25) is 5.16 Å². The molecule has 3 rings (SSSR count). The molecule has 0 unspecified atom stereocenters. The third kappa shape index (κ3) is 2.85. The van der Waals surface area contributed by atoms with Crippen molar-refractivity contribution in [1.82, 2.24) is 20.2 Å². The monoisotopic (exact) mass is 296 g/mol. The van der Waals surface area contributed by atoms with E-state index in [0.717, 1.165) is 22.4 Å². The molecule has 0 bridgehead atoms. The lowest BCUT2D eigenvalue weighted by Crippen LogP contribution is -1.98. The first-order valence-electron chi connectivity index (χ1n) is 6.35. The number of hydrogen-bond acceptors (Lipinski definition) is 5. The van der Waals surface area contributed by atoms with Crippen LogP contribution < -0.4 is 0 Å². The molecule has 0 saturated carbocycles. The molecule has 0 aliphatic rings. The second-order valence-corrected chi connectivity index (χ2v) is 5.49. The van der Waals surface area contributed by atoms with Gasteiger partial charge in [-0.1, -0.05) is 24.3 Å². The summed E-state index contributed by atoms with van der Waals surface area (Å²) in [6, 6.07) is 15.4. The van der Waals surface area contributed by atoms with E-state index in [1.54, 1.807) is 10.7 Å². The summed E-state index contributed by atoms with van der Waals surface area (Å²) in [5, 5.41) is 12.5. The minimum absolute atomic E-state index is 0.680. The summed E-state index contributed by atoms with van der Waals surface area (Å²) in [6.07, 6.45) is 0.859. The van der Waals surface area contributed by atoms with Crippen molar-refractivity contribution in [1.29, 1.82) is 0 Å². The van der Waals surface area contributed by atoms with Crippen molar-refractivity contribution in [2.75, 3.05) is 0 Å². The van der Waals surface area contributed by atoms with E-state index in [-0.39, 0.29) is 0 Å². The highest BCUT2D eigenvalue weighted by Crippen LogP contribution is 2.28. The molecule has 6 heteroatoms. The maximum absolute atomic E-state index is 10.9. The van der Waals surface area contributed by atoms with Crippen LogP contribution in [0, 0.1) is 6.92 Å². The fraction of sp³-hybridized carbons (Fsp3) is 0.0667. The van der Waals surface area contributed by atoms with Crippen molar-refractivity contribution in [3.05, 3.63) is 59.7 Å². The van der Waals surface area contributed by atoms with Crippen LogP contribution in [0.3, 0.4) is 0 Å². The Labute approximate surface area is 126 Å². The molecule has 0 saturated heterocycles. The first-order valence-corrected chi connectivity index (χ1v) is 7.17. The molecule has 1 aromatic heterocycles. The summed E-state index contributed by atoms with van der Waals surface area (Å²) < 4.78 is 1.69. The van der Waals surface area contributed by atoms with Crippen LogP contribution in [-0.2, 0) is 0 Å². The van der Waals surface area contributed by atoms with E-state index in [0.29, 0.717) is 10.7 Å². The maximum atomic E-state index is 10.9. The zero-order chi connectivity index (χ0) is 14.7. The summed E-state index contributed by atoms with van der Waals surface area (Å²) in [5.74, 6) is 0. The van der Waals surface area contributed by atoms with Gasteiger partial charge in [0.1, 0.15) is 6.29 Å². The van der Waals surface area contributed by atoms with E-state index >= 15 is 0 Å². The topological polar surface area (TPSA) is 60.7 Å². The fourth-order valence-electron chi connectivity index (χ4n) is 1.92. The Balaban J connectivity index is 1.91. The highest BCUT2D eigenvalue weighted by Gasteiger charge is 2.10. The third-order valence-corrected chi connectivity index (χ3v) is 3.95. The van der Waals surface area contributed by atoms with Gasteiger partial charge in [0.25, 0.3) is 0 Å². The first-order chi connectivity index (χ1) is 10.3. The quantitative estimate of drug-likeness (QED) is 0.693. The minimum atomic E-state index is 0.680. The molecule has 0 atom stereocenters. The van der Waals surface area contributed by atoms with Crippen molar-refractivity contribution >= 4 is 18.0 Å². The molecule has 1 heterocycles. The average Bonchev–Trinajstić information content (AvgIpc) is 2.96. The van der Waals surface area contributed by atoms with Crippen LogP contribution in [0.25, 0.3) is 5.69 Å². The molecule has 2 aromatic carbocycles. The van der Waals surface area contributed by atoms with E-state index < -0.39 is 0 Å². The van der Waals surface area contributed by atoms with Crippen molar-refractivity contribution in [3.63, 3.8) is 0 Å². The molecule has 3 aromatic rings. The Morgan fingerprint density at radius 1 is 1.14 bits per heavy atom. The Kier molecular flexibility index (Phi) is 3.79. The summed E-state index contributed by atoms with van der Waals surface area (Å²) in [6.45, 7) is 1.91. The lowest BCUT2D eigenvalue weighted by Gasteiger charge is -2.05. The van der Waals surface area contributed by atoms with Crippen LogP contribution >= 0.6 is 11.8 Å². The summed E-state index contributed by atoms with van der Waals surface area (Å²) in [7, 11) is 0. The van der Waals surface area contributed by atoms with Crippen LogP contribution in [0.5, 0.6) is 0 Å². The van der Waals surface area contributed by atoms with Gasteiger partial charge in [0.15, 0.2) is 0 Å². The van der Waals surface area contributed by atoms with Gasteiger partial charge in [-0.3, -0.25) is 4.79 Å². The summed E-state index contributed by atoms with van der Waals surface area (Å²) in [4.78, 5) is 11.8. The number of aldehydes is 1. The Hall–Kier alpha value is -2.47. The molecular formula is C15H12N4OS. The maximum Gasteiger partial charge on any atom is 0.218 e. The number of hydrogen-bond donors (Lipinski definition) is 0. The lowest BCUT2D eigenvalue weighted by atomic mass is 10.1. The van der Waals surface area contributed by atoms with Crippen LogP contribution in [0.2, 0.25) is 0 Å². The Morgan fingerprint density at radius 2 is 1.95 bits per heavy atom. The normalized spacial score (nSPS) is 10.5. The number of rotatable bonds is 4. The zero-order valence-electron chi connectivity index (χ0n) is 11.3. The molecule has 5 nitrogen and oxygen atoms in total. The highest BCUT2D eigenvalue weighted by atomic mass is 32.2. The number of nitrogens with zero attached hydrogens (tertiary/aromatic N) is 4. The number of tetrazole rings is 1. The highest BCUT2D eigenvalue weighted by molar-refractivity contribution is 7.99. The molecule has 104 valence electrons. The molecule has 0 amide bonds. The largest absolute Gasteiger partial charge is 0.298 e. The van der Waals surface area contributed by atoms with E-state index in [9.17, 15) is 4.79 Å². The SMILES string of the molecule is Cc1cc(Sc2nnnn2-c2ccccc2)ccc1C=O. The van der Waals surface area contributed by atoms with Crippen molar-refractivity contribution in [3.8, 4) is 5.69 Å². The molecule has 0 N–H and O–H groups in total. The van der Waals surface area contributed by atoms with Crippen LogP contribution in [0.15, 0.2) is 58.6 Å². The molecule has 0 aliphatic carbocycles. The fourth-order valence-corrected chi connectivity index (χ4v) is 2.81. The van der Waals surface area contributed by atoms with E-state index in [2.05, 4.69) is 15.5 Å². The van der Waals surface area contributed by atoms with Gasteiger partial charge in [-0.05, 0) is 58.9 Å². The second kappa shape index (κ2) is 5.88. The van der Waals surface area contributed by atoms with Crippen molar-refractivity contribution in [2.24, 2.45) is 0 Å². The van der Waals surface area contributed by atoms with Crippen LogP contribution in [0.4, 0.5) is 0 Å². The smallest absolute Gasteiger partial charge is 0.218 e. The van der Waals surface area contributed by atoms with Crippen LogP contribution in [-0.4, -0.2) is 26.5 Å². The van der Waals surface area contributed by atoms with Gasteiger partial charge in [-0.25, -0.2) is 0 Å². The average molecular weight is 296 g/mol. The molecular weight excluding hydrogens is 284 g/mol. The number of aromatic nitrogens is 4. The molecule has 21 heavy (non-hydrogen) atoms. The van der Waals surface area contributed by atoms with E-state index in [1.165, 1.54) is 11.8 Å². The van der Waals surface area contributed by atoms with Crippen molar-refractivity contribution < 1.29 is 4.79 Å². The van der Waals surface area contributed by atoms with Gasteiger partial charge in [-0.15, -0.1) is 5.10 Å². The first kappa shape index (κ1) is 13.5. The Bertz CT molecular complexity index is 770. The van der Waals surface area contributed by atoms with Gasteiger partial charge < -0.3 is 0 Å². The van der Waals surface area contributed by atoms with Crippen LogP contribution in [0.1, 0.15) is 15.9 Å². The number of para-hydroxylation sites is 1. The van der Waals surface area contributed by atoms with E-state index in [4.69, 9.17) is 0 Å². The number of aryl methyl sites for hydroxylation is 1. The van der Waals surface area contributed by atoms with Crippen molar-refractivity contribution in [2.45, 2.75) is 17.0 Å². The summed E-state index contributed by atoms with van der Waals surface area (Å²) in [5.41, 5.74) is 2.54. The van der Waals surface area contributed by atoms with Gasteiger partial charge in [-0.2, -0.15) is 4.68 Å².